The summed E-state index contributed by atoms with van der Waals surface area (Å²) in [5, 5.41) is 0. The molecule has 0 unspecified atom stereocenters. The van der Waals surface area contributed by atoms with E-state index in [9.17, 15) is 0 Å². The molecule has 1 aliphatic carbocycles. The van der Waals surface area contributed by atoms with Crippen molar-refractivity contribution in [2.24, 2.45) is 5.73 Å². The number of fused-ring (bicyclic) bond motifs is 2. The van der Waals surface area contributed by atoms with Gasteiger partial charge in [-0.05, 0) is 66.1 Å². The molecule has 0 radical (unpaired) electrons. The molecule has 2 aromatic rings. The molecule has 0 atom stereocenters. The number of rotatable bonds is 2. The van der Waals surface area contributed by atoms with Crippen LogP contribution in [0, 0.1) is 0 Å². The third-order valence-corrected chi connectivity index (χ3v) is 4.88. The Labute approximate surface area is 132 Å². The molecule has 4 rings (SSSR count). The van der Waals surface area contributed by atoms with Gasteiger partial charge in [0.15, 0.2) is 0 Å². The minimum Gasteiger partial charge on any atom is -0.341 e. The van der Waals surface area contributed by atoms with Gasteiger partial charge in [-0.2, -0.15) is 0 Å². The first kappa shape index (κ1) is 13.6. The van der Waals surface area contributed by atoms with E-state index in [2.05, 4.69) is 53.4 Å². The highest BCUT2D eigenvalue weighted by atomic mass is 15.1. The molecule has 2 N–H and O–H groups in total. The maximum Gasteiger partial charge on any atom is 0.0443 e. The van der Waals surface area contributed by atoms with E-state index in [1.807, 2.05) is 0 Å². The Balaban J connectivity index is 1.75. The van der Waals surface area contributed by atoms with Crippen LogP contribution in [-0.4, -0.2) is 13.1 Å². The lowest BCUT2D eigenvalue weighted by molar-refractivity contribution is 0.766. The van der Waals surface area contributed by atoms with E-state index in [1.54, 1.807) is 0 Å². The number of nitrogens with zero attached hydrogens (tertiary/aromatic N) is 1. The monoisotopic (exact) mass is 290 g/mol. The van der Waals surface area contributed by atoms with Crippen molar-refractivity contribution < 1.29 is 0 Å². The first-order valence-corrected chi connectivity index (χ1v) is 8.24. The highest BCUT2D eigenvalue weighted by molar-refractivity contribution is 5.75. The van der Waals surface area contributed by atoms with E-state index in [0.717, 1.165) is 19.4 Å². The first-order chi connectivity index (χ1) is 10.9. The molecule has 112 valence electrons. The lowest BCUT2D eigenvalue weighted by Crippen LogP contribution is -2.24. The van der Waals surface area contributed by atoms with Crippen LogP contribution in [-0.2, 0) is 12.8 Å². The Bertz CT molecular complexity index is 730. The van der Waals surface area contributed by atoms with Gasteiger partial charge in [0.1, 0.15) is 0 Å². The lowest BCUT2D eigenvalue weighted by Gasteiger charge is -2.32. The van der Waals surface area contributed by atoms with Crippen LogP contribution in [0.25, 0.3) is 5.57 Å². The van der Waals surface area contributed by atoms with Gasteiger partial charge in [-0.3, -0.25) is 0 Å². The molecule has 2 heteroatoms. The summed E-state index contributed by atoms with van der Waals surface area (Å²) in [6.07, 6.45) is 6.94. The van der Waals surface area contributed by atoms with E-state index in [1.165, 1.54) is 46.5 Å². The summed E-state index contributed by atoms with van der Waals surface area (Å²) < 4.78 is 0. The summed E-state index contributed by atoms with van der Waals surface area (Å²) in [5.74, 6) is 0. The number of para-hydroxylation sites is 1. The number of benzene rings is 2. The number of anilines is 2. The van der Waals surface area contributed by atoms with Gasteiger partial charge < -0.3 is 10.6 Å². The zero-order valence-corrected chi connectivity index (χ0v) is 12.9. The van der Waals surface area contributed by atoms with Crippen LogP contribution in [0.2, 0.25) is 0 Å². The van der Waals surface area contributed by atoms with E-state index >= 15 is 0 Å². The molecular formula is C20H22N2. The number of hydrogen-bond acceptors (Lipinski definition) is 2. The van der Waals surface area contributed by atoms with Crippen LogP contribution >= 0.6 is 0 Å². The molecule has 0 amide bonds. The third-order valence-electron chi connectivity index (χ3n) is 4.88. The summed E-state index contributed by atoms with van der Waals surface area (Å²) in [7, 11) is 0. The van der Waals surface area contributed by atoms with E-state index < -0.39 is 0 Å². The van der Waals surface area contributed by atoms with Gasteiger partial charge in [0, 0.05) is 24.5 Å². The maximum absolute atomic E-state index is 5.88. The van der Waals surface area contributed by atoms with E-state index in [4.69, 9.17) is 5.73 Å². The predicted octanol–water partition coefficient (Wildman–Crippen LogP) is 4.06. The molecule has 0 spiro atoms. The van der Waals surface area contributed by atoms with Crippen LogP contribution < -0.4 is 10.6 Å². The SMILES string of the molecule is NCC1=CCCc2cc(N3CCCc4ccccc43)ccc21. The topological polar surface area (TPSA) is 29.3 Å². The number of hydrogen-bond donors (Lipinski definition) is 1. The van der Waals surface area contributed by atoms with Crippen molar-refractivity contribution in [3.63, 3.8) is 0 Å². The second-order valence-corrected chi connectivity index (χ2v) is 6.20. The molecule has 1 aliphatic heterocycles. The van der Waals surface area contributed by atoms with Crippen LogP contribution in [0.15, 0.2) is 48.5 Å². The number of aryl methyl sites for hydroxylation is 2. The molecule has 2 aromatic carbocycles. The Hall–Kier alpha value is -2.06. The van der Waals surface area contributed by atoms with Crippen LogP contribution in [0.5, 0.6) is 0 Å². The fourth-order valence-corrected chi connectivity index (χ4v) is 3.78. The van der Waals surface area contributed by atoms with Crippen molar-refractivity contribution in [1.82, 2.24) is 0 Å². The van der Waals surface area contributed by atoms with Gasteiger partial charge >= 0.3 is 0 Å². The van der Waals surface area contributed by atoms with Crippen molar-refractivity contribution >= 4 is 16.9 Å². The second kappa shape index (κ2) is 5.62. The van der Waals surface area contributed by atoms with Crippen molar-refractivity contribution in [2.45, 2.75) is 25.7 Å². The normalized spacial score (nSPS) is 16.8. The Morgan fingerprint density at radius 2 is 1.91 bits per heavy atom. The maximum atomic E-state index is 5.88. The molecule has 2 nitrogen and oxygen atoms in total. The van der Waals surface area contributed by atoms with Gasteiger partial charge in [0.2, 0.25) is 0 Å². The molecule has 1 heterocycles. The largest absolute Gasteiger partial charge is 0.341 e. The second-order valence-electron chi connectivity index (χ2n) is 6.20. The average molecular weight is 290 g/mol. The summed E-state index contributed by atoms with van der Waals surface area (Å²) >= 11 is 0. The van der Waals surface area contributed by atoms with Gasteiger partial charge in [-0.1, -0.05) is 30.3 Å². The molecule has 0 fully saturated rings. The van der Waals surface area contributed by atoms with Gasteiger partial charge in [-0.15, -0.1) is 0 Å². The fraction of sp³-hybridized carbons (Fsp3) is 0.300. The fourth-order valence-electron chi connectivity index (χ4n) is 3.78. The van der Waals surface area contributed by atoms with Crippen molar-refractivity contribution in [2.75, 3.05) is 18.0 Å². The number of allylic oxidation sites excluding steroid dienone is 1. The minimum absolute atomic E-state index is 0.638. The van der Waals surface area contributed by atoms with Gasteiger partial charge in [0.05, 0.1) is 0 Å². The van der Waals surface area contributed by atoms with E-state index in [-0.39, 0.29) is 0 Å². The van der Waals surface area contributed by atoms with Crippen LogP contribution in [0.4, 0.5) is 11.4 Å². The van der Waals surface area contributed by atoms with Crippen molar-refractivity contribution in [3.8, 4) is 0 Å². The Morgan fingerprint density at radius 3 is 2.82 bits per heavy atom. The summed E-state index contributed by atoms with van der Waals surface area (Å²) in [6, 6.07) is 15.7. The minimum atomic E-state index is 0.638. The highest BCUT2D eigenvalue weighted by Gasteiger charge is 2.19. The van der Waals surface area contributed by atoms with Gasteiger partial charge in [0.25, 0.3) is 0 Å². The number of nitrogens with two attached hydrogens (primary N) is 1. The Kier molecular flexibility index (Phi) is 3.47. The van der Waals surface area contributed by atoms with Gasteiger partial charge in [-0.25, -0.2) is 0 Å². The highest BCUT2D eigenvalue weighted by Crippen LogP contribution is 2.36. The molecule has 0 aromatic heterocycles. The molecule has 0 saturated carbocycles. The molecule has 22 heavy (non-hydrogen) atoms. The molecule has 0 bridgehead atoms. The lowest BCUT2D eigenvalue weighted by atomic mass is 9.90. The van der Waals surface area contributed by atoms with E-state index in [0.29, 0.717) is 6.54 Å². The van der Waals surface area contributed by atoms with Crippen molar-refractivity contribution in [1.29, 1.82) is 0 Å². The standard InChI is InChI=1S/C20H22N2/c21-14-17-7-3-6-16-13-18(10-11-19(16)17)22-12-4-8-15-5-1-2-9-20(15)22/h1-2,5,7,9-11,13H,3-4,6,8,12,14,21H2. The molecule has 0 saturated heterocycles. The van der Waals surface area contributed by atoms with Crippen LogP contribution in [0.1, 0.15) is 29.5 Å². The Morgan fingerprint density at radius 1 is 1.00 bits per heavy atom. The summed E-state index contributed by atoms with van der Waals surface area (Å²) in [4.78, 5) is 2.47. The summed E-state index contributed by atoms with van der Waals surface area (Å²) in [5.41, 5.74) is 14.1. The quantitative estimate of drug-likeness (QED) is 0.903. The first-order valence-electron chi connectivity index (χ1n) is 8.24. The van der Waals surface area contributed by atoms with Crippen LogP contribution in [0.3, 0.4) is 0 Å². The average Bonchev–Trinajstić information content (AvgIpc) is 2.60. The zero-order valence-electron chi connectivity index (χ0n) is 12.9. The van der Waals surface area contributed by atoms with Crippen molar-refractivity contribution in [3.05, 3.63) is 65.2 Å². The summed E-state index contributed by atoms with van der Waals surface area (Å²) in [6.45, 7) is 1.74. The smallest absolute Gasteiger partial charge is 0.0443 e. The molecule has 2 aliphatic rings. The predicted molar refractivity (Wildman–Crippen MR) is 93.6 cm³/mol. The zero-order chi connectivity index (χ0) is 14.9. The molecular weight excluding hydrogens is 268 g/mol. The third kappa shape index (κ3) is 2.24.